The van der Waals surface area contributed by atoms with E-state index in [0.717, 1.165) is 29.4 Å². The highest BCUT2D eigenvalue weighted by molar-refractivity contribution is 7.99. The molecule has 0 bridgehead atoms. The zero-order chi connectivity index (χ0) is 26.2. The van der Waals surface area contributed by atoms with E-state index in [1.807, 2.05) is 24.3 Å². The average molecular weight is 544 g/mol. The van der Waals surface area contributed by atoms with Crippen molar-refractivity contribution in [3.63, 3.8) is 0 Å². The largest absolute Gasteiger partial charge is 0.496 e. The summed E-state index contributed by atoms with van der Waals surface area (Å²) in [4.78, 5) is 12.6. The van der Waals surface area contributed by atoms with Gasteiger partial charge >= 0.3 is 0 Å². The molecule has 1 aliphatic carbocycles. The highest BCUT2D eigenvalue weighted by Crippen LogP contribution is 2.36. The van der Waals surface area contributed by atoms with Crippen LogP contribution in [-0.4, -0.2) is 54.0 Å². The molecule has 2 aromatic carbocycles. The fourth-order valence-corrected chi connectivity index (χ4v) is 5.25. The Labute approximate surface area is 225 Å². The molecule has 1 aromatic heterocycles. The highest BCUT2D eigenvalue weighted by Gasteiger charge is 2.24. The maximum atomic E-state index is 12.6. The molecule has 1 aliphatic rings. The second-order valence-corrected chi connectivity index (χ2v) is 9.88. The van der Waals surface area contributed by atoms with E-state index in [9.17, 15) is 4.79 Å². The molecule has 1 fully saturated rings. The van der Waals surface area contributed by atoms with Gasteiger partial charge in [0.1, 0.15) is 17.2 Å². The number of nitrogens with zero attached hydrogens (tertiary/aromatic N) is 4. The van der Waals surface area contributed by atoms with Crippen LogP contribution in [0.3, 0.4) is 0 Å². The van der Waals surface area contributed by atoms with Gasteiger partial charge in [-0.2, -0.15) is 5.10 Å². The summed E-state index contributed by atoms with van der Waals surface area (Å²) < 4.78 is 18.3. The van der Waals surface area contributed by atoms with Gasteiger partial charge in [0.15, 0.2) is 11.0 Å². The number of thioether (sulfide) groups is 1. The van der Waals surface area contributed by atoms with Crippen LogP contribution in [0.5, 0.6) is 17.2 Å². The van der Waals surface area contributed by atoms with Crippen LogP contribution < -0.4 is 19.6 Å². The summed E-state index contributed by atoms with van der Waals surface area (Å²) in [6, 6.07) is 11.3. The topological polar surface area (TPSA) is 99.9 Å². The Morgan fingerprint density at radius 1 is 1.08 bits per heavy atom. The number of ether oxygens (including phenoxy) is 3. The molecule has 0 atom stereocenters. The molecule has 0 spiro atoms. The monoisotopic (exact) mass is 543 g/mol. The minimum atomic E-state index is -0.265. The van der Waals surface area contributed by atoms with E-state index >= 15 is 0 Å². The summed E-state index contributed by atoms with van der Waals surface area (Å²) in [6.45, 7) is 0. The lowest BCUT2D eigenvalue weighted by atomic mass is 9.95. The van der Waals surface area contributed by atoms with Crippen molar-refractivity contribution < 1.29 is 19.0 Å². The van der Waals surface area contributed by atoms with Crippen LogP contribution in [0.1, 0.15) is 43.7 Å². The highest BCUT2D eigenvalue weighted by atomic mass is 35.5. The second kappa shape index (κ2) is 12.8. The summed E-state index contributed by atoms with van der Waals surface area (Å²) in [5.41, 5.74) is 4.11. The van der Waals surface area contributed by atoms with E-state index in [-0.39, 0.29) is 11.7 Å². The maximum absolute atomic E-state index is 12.6. The molecule has 11 heteroatoms. The van der Waals surface area contributed by atoms with E-state index < -0.39 is 0 Å². The summed E-state index contributed by atoms with van der Waals surface area (Å²) in [7, 11) is 4.65. The van der Waals surface area contributed by atoms with Crippen molar-refractivity contribution >= 4 is 35.5 Å². The lowest BCUT2D eigenvalue weighted by Gasteiger charge is -2.25. The molecule has 9 nitrogen and oxygen atoms in total. The standard InChI is InChI=1S/C26H30ClN5O4S/c1-34-20-13-22(35-2)21(23(14-20)36-3)15-28-29-24(33)16-37-26-31-30-25(17-9-11-18(27)12-10-17)32(26)19-7-5-4-6-8-19/h9-15,19H,4-8,16H2,1-3H3,(H,29,33)/b28-15-. The minimum absolute atomic E-state index is 0.139. The fraction of sp³-hybridized carbons (Fsp3) is 0.385. The quantitative estimate of drug-likeness (QED) is 0.208. The van der Waals surface area contributed by atoms with Crippen LogP contribution in [0.4, 0.5) is 0 Å². The van der Waals surface area contributed by atoms with Crippen LogP contribution >= 0.6 is 23.4 Å². The van der Waals surface area contributed by atoms with Gasteiger partial charge in [-0.3, -0.25) is 9.36 Å². The van der Waals surface area contributed by atoms with Crippen LogP contribution in [0, 0.1) is 0 Å². The predicted molar refractivity (Wildman–Crippen MR) is 145 cm³/mol. The van der Waals surface area contributed by atoms with E-state index in [2.05, 4.69) is 25.3 Å². The predicted octanol–water partition coefficient (Wildman–Crippen LogP) is 5.37. The summed E-state index contributed by atoms with van der Waals surface area (Å²) >= 11 is 7.43. The number of hydrazone groups is 1. The van der Waals surface area contributed by atoms with Crippen LogP contribution in [0.25, 0.3) is 11.4 Å². The molecule has 0 aliphatic heterocycles. The normalized spacial score (nSPS) is 14.1. The number of carbonyl (C=O) groups excluding carboxylic acids is 1. The van der Waals surface area contributed by atoms with E-state index in [1.165, 1.54) is 37.2 Å². The van der Waals surface area contributed by atoms with Crippen molar-refractivity contribution in [2.75, 3.05) is 27.1 Å². The molecule has 4 rings (SSSR count). The SMILES string of the molecule is COc1cc(OC)c(/C=N\NC(=O)CSc2nnc(-c3ccc(Cl)cc3)n2C2CCCCC2)c(OC)c1. The molecule has 1 saturated carbocycles. The number of carbonyl (C=O) groups is 1. The molecule has 0 saturated heterocycles. The Morgan fingerprint density at radius 2 is 1.76 bits per heavy atom. The Balaban J connectivity index is 1.46. The molecular weight excluding hydrogens is 514 g/mol. The molecular formula is C26H30ClN5O4S. The van der Waals surface area contributed by atoms with Gasteiger partial charge < -0.3 is 14.2 Å². The van der Waals surface area contributed by atoms with Gasteiger partial charge in [0.25, 0.3) is 5.91 Å². The first-order valence-electron chi connectivity index (χ1n) is 12.0. The first kappa shape index (κ1) is 26.8. The lowest BCUT2D eigenvalue weighted by Crippen LogP contribution is -2.21. The van der Waals surface area contributed by atoms with Crippen molar-refractivity contribution in [2.45, 2.75) is 43.3 Å². The van der Waals surface area contributed by atoms with Crippen LogP contribution in [-0.2, 0) is 4.79 Å². The third-order valence-electron chi connectivity index (χ3n) is 6.18. The smallest absolute Gasteiger partial charge is 0.250 e. The van der Waals surface area contributed by atoms with Crippen LogP contribution in [0.2, 0.25) is 5.02 Å². The van der Waals surface area contributed by atoms with Crippen molar-refractivity contribution in [3.8, 4) is 28.6 Å². The second-order valence-electron chi connectivity index (χ2n) is 8.50. The number of benzene rings is 2. The van der Waals surface area contributed by atoms with Crippen molar-refractivity contribution in [1.29, 1.82) is 0 Å². The molecule has 0 unspecified atom stereocenters. The van der Waals surface area contributed by atoms with Gasteiger partial charge in [-0.1, -0.05) is 42.6 Å². The molecule has 3 aromatic rings. The zero-order valence-electron chi connectivity index (χ0n) is 21.1. The Morgan fingerprint density at radius 3 is 2.38 bits per heavy atom. The number of hydrogen-bond donors (Lipinski definition) is 1. The lowest BCUT2D eigenvalue weighted by molar-refractivity contribution is -0.118. The molecule has 0 radical (unpaired) electrons. The first-order valence-corrected chi connectivity index (χ1v) is 13.4. The first-order chi connectivity index (χ1) is 18.0. The van der Waals surface area contributed by atoms with E-state index in [1.54, 1.807) is 33.5 Å². The zero-order valence-corrected chi connectivity index (χ0v) is 22.6. The molecule has 1 N–H and O–H groups in total. The van der Waals surface area contributed by atoms with Gasteiger partial charge in [-0.05, 0) is 37.1 Å². The average Bonchev–Trinajstić information content (AvgIpc) is 3.36. The third-order valence-corrected chi connectivity index (χ3v) is 7.37. The van der Waals surface area contributed by atoms with Gasteiger partial charge in [0.2, 0.25) is 0 Å². The Hall–Kier alpha value is -3.24. The number of rotatable bonds is 10. The molecule has 1 heterocycles. The molecule has 196 valence electrons. The number of nitrogens with one attached hydrogen (secondary N) is 1. The Kier molecular flexibility index (Phi) is 9.29. The summed E-state index contributed by atoms with van der Waals surface area (Å²) in [6.07, 6.45) is 7.19. The van der Waals surface area contributed by atoms with Gasteiger partial charge in [-0.25, -0.2) is 5.43 Å². The van der Waals surface area contributed by atoms with Gasteiger partial charge in [0, 0.05) is 28.8 Å². The maximum Gasteiger partial charge on any atom is 0.250 e. The number of amides is 1. The van der Waals surface area contributed by atoms with Gasteiger partial charge in [-0.15, -0.1) is 10.2 Å². The van der Waals surface area contributed by atoms with Gasteiger partial charge in [0.05, 0.1) is 38.9 Å². The molecule has 37 heavy (non-hydrogen) atoms. The summed E-state index contributed by atoms with van der Waals surface area (Å²) in [5, 5.41) is 14.4. The van der Waals surface area contributed by atoms with Crippen molar-refractivity contribution in [1.82, 2.24) is 20.2 Å². The number of hydrogen-bond acceptors (Lipinski definition) is 8. The minimum Gasteiger partial charge on any atom is -0.496 e. The van der Waals surface area contributed by atoms with Crippen molar-refractivity contribution in [3.05, 3.63) is 47.0 Å². The Bertz CT molecular complexity index is 1220. The van der Waals surface area contributed by atoms with Crippen molar-refractivity contribution in [2.24, 2.45) is 5.10 Å². The van der Waals surface area contributed by atoms with Crippen LogP contribution in [0.15, 0.2) is 46.7 Å². The molecule has 1 amide bonds. The third kappa shape index (κ3) is 6.56. The van der Waals surface area contributed by atoms with E-state index in [0.29, 0.717) is 33.9 Å². The number of halogens is 1. The fourth-order valence-electron chi connectivity index (χ4n) is 4.33. The number of aromatic nitrogens is 3. The number of methoxy groups -OCH3 is 3. The van der Waals surface area contributed by atoms with E-state index in [4.69, 9.17) is 25.8 Å². The summed E-state index contributed by atoms with van der Waals surface area (Å²) in [5.74, 6) is 2.28.